The molecule has 0 amide bonds. The molecule has 0 aliphatic carbocycles. The molecule has 0 radical (unpaired) electrons. The highest BCUT2D eigenvalue weighted by atomic mass is 35.5. The number of hydrogen-bond acceptors (Lipinski definition) is 3. The number of benzene rings is 1. The second-order valence-electron chi connectivity index (χ2n) is 5.80. The Morgan fingerprint density at radius 1 is 1.22 bits per heavy atom. The summed E-state index contributed by atoms with van der Waals surface area (Å²) in [5.74, 6) is -0.00343. The third-order valence-corrected chi connectivity index (χ3v) is 3.66. The monoisotopic (exact) mass is 343 g/mol. The van der Waals surface area contributed by atoms with Crippen molar-refractivity contribution in [2.75, 3.05) is 5.73 Å². The number of halogens is 4. The van der Waals surface area contributed by atoms with Gasteiger partial charge < -0.3 is 5.73 Å². The molecule has 23 heavy (non-hydrogen) atoms. The van der Waals surface area contributed by atoms with E-state index in [1.165, 1.54) is 0 Å². The second kappa shape index (κ2) is 6.35. The van der Waals surface area contributed by atoms with Gasteiger partial charge >= 0.3 is 6.18 Å². The zero-order valence-electron chi connectivity index (χ0n) is 13.0. The van der Waals surface area contributed by atoms with Crippen molar-refractivity contribution < 1.29 is 13.2 Å². The zero-order valence-corrected chi connectivity index (χ0v) is 13.8. The molecule has 0 unspecified atom stereocenters. The zero-order chi connectivity index (χ0) is 17.4. The molecule has 0 spiro atoms. The third kappa shape index (κ3) is 3.75. The first-order chi connectivity index (χ1) is 10.6. The number of anilines is 1. The molecule has 3 nitrogen and oxygen atoms in total. The molecule has 0 bridgehead atoms. The van der Waals surface area contributed by atoms with Gasteiger partial charge in [0, 0.05) is 5.56 Å². The minimum Gasteiger partial charge on any atom is -0.368 e. The topological polar surface area (TPSA) is 51.8 Å². The molecule has 1 aromatic carbocycles. The van der Waals surface area contributed by atoms with Crippen LogP contribution in [0.25, 0.3) is 11.3 Å². The minimum atomic E-state index is -4.67. The number of hydrogen-bond donors (Lipinski definition) is 1. The number of nitrogens with two attached hydrogens (primary N) is 1. The molecule has 1 aromatic heterocycles. The summed E-state index contributed by atoms with van der Waals surface area (Å²) in [6.07, 6.45) is -4.05. The van der Waals surface area contributed by atoms with Crippen LogP contribution < -0.4 is 5.73 Å². The van der Waals surface area contributed by atoms with Crippen molar-refractivity contribution >= 4 is 17.5 Å². The van der Waals surface area contributed by atoms with Crippen LogP contribution in [0.1, 0.15) is 30.5 Å². The van der Waals surface area contributed by atoms with Crippen LogP contribution in [0, 0.1) is 12.8 Å². The van der Waals surface area contributed by atoms with Crippen LogP contribution >= 0.6 is 11.6 Å². The van der Waals surface area contributed by atoms with Crippen LogP contribution in [0.15, 0.2) is 18.2 Å². The first kappa shape index (κ1) is 17.5. The predicted octanol–water partition coefficient (Wildman–Crippen LogP) is 4.90. The van der Waals surface area contributed by atoms with E-state index >= 15 is 0 Å². The van der Waals surface area contributed by atoms with Gasteiger partial charge in [-0.2, -0.15) is 13.2 Å². The van der Waals surface area contributed by atoms with Crippen LogP contribution in [-0.4, -0.2) is 9.97 Å². The fraction of sp³-hybridized carbons (Fsp3) is 0.375. The smallest absolute Gasteiger partial charge is 0.368 e. The van der Waals surface area contributed by atoms with E-state index in [1.54, 1.807) is 19.1 Å². The predicted molar refractivity (Wildman–Crippen MR) is 85.2 cm³/mol. The number of rotatable bonds is 3. The highest BCUT2D eigenvalue weighted by molar-refractivity contribution is 6.30. The molecule has 0 fully saturated rings. The normalized spacial score (nSPS) is 12.0. The van der Waals surface area contributed by atoms with Crippen molar-refractivity contribution in [2.45, 2.75) is 33.4 Å². The summed E-state index contributed by atoms with van der Waals surface area (Å²) in [5.41, 5.74) is 6.11. The van der Waals surface area contributed by atoms with Crippen LogP contribution in [0.2, 0.25) is 5.15 Å². The quantitative estimate of drug-likeness (QED) is 0.806. The highest BCUT2D eigenvalue weighted by Gasteiger charge is 2.39. The lowest BCUT2D eigenvalue weighted by Gasteiger charge is -2.19. The summed E-state index contributed by atoms with van der Waals surface area (Å²) >= 11 is 5.73. The maximum absolute atomic E-state index is 13.4. The number of nitrogen functional groups attached to an aromatic ring is 1. The maximum Gasteiger partial charge on any atom is 0.421 e. The molecule has 1 heterocycles. The summed E-state index contributed by atoms with van der Waals surface area (Å²) < 4.78 is 40.3. The Kier molecular flexibility index (Phi) is 4.84. The number of alkyl halides is 3. The van der Waals surface area contributed by atoms with Gasteiger partial charge in [0.05, 0.1) is 5.69 Å². The SMILES string of the molecule is Cc1cccc(CC(C)C)c1-c1nc(N)nc(Cl)c1C(F)(F)F. The van der Waals surface area contributed by atoms with E-state index in [2.05, 4.69) is 9.97 Å². The van der Waals surface area contributed by atoms with Crippen LogP contribution in [0.5, 0.6) is 0 Å². The molecule has 2 rings (SSSR count). The Labute approximate surface area is 137 Å². The van der Waals surface area contributed by atoms with Gasteiger partial charge in [-0.15, -0.1) is 0 Å². The Morgan fingerprint density at radius 2 is 1.87 bits per heavy atom. The van der Waals surface area contributed by atoms with Crippen LogP contribution in [0.4, 0.5) is 19.1 Å². The van der Waals surface area contributed by atoms with Crippen molar-refractivity contribution in [3.8, 4) is 11.3 Å². The lowest BCUT2D eigenvalue weighted by Crippen LogP contribution is -2.14. The van der Waals surface area contributed by atoms with Gasteiger partial charge in [-0.05, 0) is 30.4 Å². The van der Waals surface area contributed by atoms with Crippen molar-refractivity contribution in [1.29, 1.82) is 0 Å². The molecule has 0 saturated carbocycles. The van der Waals surface area contributed by atoms with Crippen molar-refractivity contribution in [2.24, 2.45) is 5.92 Å². The largest absolute Gasteiger partial charge is 0.421 e. The first-order valence-electron chi connectivity index (χ1n) is 7.10. The maximum atomic E-state index is 13.4. The number of nitrogens with zero attached hydrogens (tertiary/aromatic N) is 2. The van der Waals surface area contributed by atoms with Crippen molar-refractivity contribution in [3.05, 3.63) is 40.0 Å². The molecule has 7 heteroatoms. The Hall–Kier alpha value is -1.82. The Bertz CT molecular complexity index is 727. The van der Waals surface area contributed by atoms with E-state index < -0.39 is 16.9 Å². The minimum absolute atomic E-state index is 0.260. The molecule has 0 atom stereocenters. The van der Waals surface area contributed by atoms with Gasteiger partial charge in [-0.3, -0.25) is 0 Å². The molecule has 124 valence electrons. The molecule has 0 aliphatic heterocycles. The summed E-state index contributed by atoms with van der Waals surface area (Å²) in [5, 5.41) is -0.682. The van der Waals surface area contributed by atoms with Crippen molar-refractivity contribution in [1.82, 2.24) is 9.97 Å². The molecular formula is C16H17ClF3N3. The lowest BCUT2D eigenvalue weighted by atomic mass is 9.91. The average molecular weight is 344 g/mol. The summed E-state index contributed by atoms with van der Waals surface area (Å²) in [6, 6.07) is 5.36. The standard InChI is InChI=1S/C16H17ClF3N3/c1-8(2)7-10-6-4-5-9(3)11(10)13-12(16(18,19)20)14(17)23-15(21)22-13/h4-6,8H,7H2,1-3H3,(H2,21,22,23). The Balaban J connectivity index is 2.82. The van der Waals surface area contributed by atoms with Gasteiger partial charge in [-0.1, -0.05) is 43.6 Å². The Morgan fingerprint density at radius 3 is 2.43 bits per heavy atom. The average Bonchev–Trinajstić information content (AvgIpc) is 2.35. The van der Waals surface area contributed by atoms with Gasteiger partial charge in [0.25, 0.3) is 0 Å². The summed E-state index contributed by atoms with van der Waals surface area (Å²) in [6.45, 7) is 5.74. The number of aromatic nitrogens is 2. The first-order valence-corrected chi connectivity index (χ1v) is 7.48. The fourth-order valence-electron chi connectivity index (χ4n) is 2.56. The van der Waals surface area contributed by atoms with E-state index in [9.17, 15) is 13.2 Å². The molecule has 2 aromatic rings. The molecule has 2 N–H and O–H groups in total. The van der Waals surface area contributed by atoms with Gasteiger partial charge in [0.15, 0.2) is 0 Å². The summed E-state index contributed by atoms with van der Waals surface area (Å²) in [4.78, 5) is 7.32. The summed E-state index contributed by atoms with van der Waals surface area (Å²) in [7, 11) is 0. The van der Waals surface area contributed by atoms with Crippen LogP contribution in [0.3, 0.4) is 0 Å². The molecular weight excluding hydrogens is 327 g/mol. The molecule has 0 aliphatic rings. The van der Waals surface area contributed by atoms with Gasteiger partial charge in [0.2, 0.25) is 5.95 Å². The van der Waals surface area contributed by atoms with E-state index in [0.717, 1.165) is 5.56 Å². The van der Waals surface area contributed by atoms with Gasteiger partial charge in [0.1, 0.15) is 10.7 Å². The second-order valence-corrected chi connectivity index (χ2v) is 6.16. The van der Waals surface area contributed by atoms with E-state index in [0.29, 0.717) is 17.5 Å². The molecule has 0 saturated heterocycles. The van der Waals surface area contributed by atoms with E-state index in [4.69, 9.17) is 17.3 Å². The van der Waals surface area contributed by atoms with Crippen LogP contribution in [-0.2, 0) is 12.6 Å². The van der Waals surface area contributed by atoms with Crippen molar-refractivity contribution in [3.63, 3.8) is 0 Å². The fourth-order valence-corrected chi connectivity index (χ4v) is 2.84. The lowest BCUT2D eigenvalue weighted by molar-refractivity contribution is -0.137. The van der Waals surface area contributed by atoms with E-state index in [-0.39, 0.29) is 17.6 Å². The van der Waals surface area contributed by atoms with E-state index in [1.807, 2.05) is 19.9 Å². The highest BCUT2D eigenvalue weighted by Crippen LogP contribution is 2.42. The third-order valence-electron chi connectivity index (χ3n) is 3.39. The number of aryl methyl sites for hydroxylation is 1. The van der Waals surface area contributed by atoms with Gasteiger partial charge in [-0.25, -0.2) is 9.97 Å².